The van der Waals surface area contributed by atoms with E-state index in [0.29, 0.717) is 29.8 Å². The van der Waals surface area contributed by atoms with Crippen molar-refractivity contribution in [1.29, 1.82) is 0 Å². The second kappa shape index (κ2) is 8.67. The van der Waals surface area contributed by atoms with Crippen molar-refractivity contribution in [3.63, 3.8) is 0 Å². The predicted octanol–water partition coefficient (Wildman–Crippen LogP) is 3.73. The number of carbonyl (C=O) groups excluding carboxylic acids is 2. The molecule has 0 aliphatic rings. The van der Waals surface area contributed by atoms with E-state index in [4.69, 9.17) is 4.74 Å². The molecule has 0 bridgehead atoms. The van der Waals surface area contributed by atoms with Crippen LogP contribution in [-0.4, -0.2) is 37.9 Å². The number of halogens is 1. The molecule has 0 radical (unpaired) electrons. The van der Waals surface area contributed by atoms with Crippen LogP contribution in [-0.2, 0) is 11.2 Å². The Bertz CT molecular complexity index is 775. The summed E-state index contributed by atoms with van der Waals surface area (Å²) >= 11 is 3.38. The minimum Gasteiger partial charge on any atom is -0.496 e. The van der Waals surface area contributed by atoms with Gasteiger partial charge in [0.2, 0.25) is 5.91 Å². The van der Waals surface area contributed by atoms with Crippen LogP contribution < -0.4 is 10.1 Å². The number of hydrogen-bond acceptors (Lipinski definition) is 3. The zero-order valence-electron chi connectivity index (χ0n) is 14.5. The zero-order valence-corrected chi connectivity index (χ0v) is 16.1. The lowest BCUT2D eigenvalue weighted by atomic mass is 10.1. The first-order chi connectivity index (χ1) is 11.9. The van der Waals surface area contributed by atoms with Crippen LogP contribution in [0.1, 0.15) is 22.3 Å². The third kappa shape index (κ3) is 5.32. The first kappa shape index (κ1) is 19.0. The van der Waals surface area contributed by atoms with Gasteiger partial charge in [-0.3, -0.25) is 9.59 Å². The van der Waals surface area contributed by atoms with Gasteiger partial charge in [-0.25, -0.2) is 0 Å². The van der Waals surface area contributed by atoms with Crippen LogP contribution in [0, 0.1) is 0 Å². The molecule has 0 saturated heterocycles. The molecule has 0 unspecified atom stereocenters. The molecule has 2 aromatic carbocycles. The average molecular weight is 405 g/mol. The van der Waals surface area contributed by atoms with Crippen molar-refractivity contribution in [3.8, 4) is 5.75 Å². The Kier molecular flexibility index (Phi) is 6.58. The highest BCUT2D eigenvalue weighted by atomic mass is 79.9. The van der Waals surface area contributed by atoms with Crippen molar-refractivity contribution in [3.05, 3.63) is 58.1 Å². The van der Waals surface area contributed by atoms with Crippen molar-refractivity contribution in [2.75, 3.05) is 26.5 Å². The topological polar surface area (TPSA) is 58.6 Å². The van der Waals surface area contributed by atoms with Crippen LogP contribution >= 0.6 is 15.9 Å². The summed E-state index contributed by atoms with van der Waals surface area (Å²) in [6, 6.07) is 12.7. The molecule has 2 amide bonds. The summed E-state index contributed by atoms with van der Waals surface area (Å²) in [5.74, 6) is 0.548. The Morgan fingerprint density at radius 3 is 2.56 bits per heavy atom. The molecule has 0 spiro atoms. The van der Waals surface area contributed by atoms with Crippen LogP contribution in [0.3, 0.4) is 0 Å². The maximum atomic E-state index is 12.4. The summed E-state index contributed by atoms with van der Waals surface area (Å²) in [5, 5.41) is 2.88. The minimum atomic E-state index is -0.204. The Morgan fingerprint density at radius 1 is 1.16 bits per heavy atom. The van der Waals surface area contributed by atoms with Crippen molar-refractivity contribution < 1.29 is 14.3 Å². The normalized spacial score (nSPS) is 10.2. The number of nitrogens with zero attached hydrogens (tertiary/aromatic N) is 1. The number of carbonyl (C=O) groups is 2. The monoisotopic (exact) mass is 404 g/mol. The van der Waals surface area contributed by atoms with Gasteiger partial charge in [-0.1, -0.05) is 12.1 Å². The van der Waals surface area contributed by atoms with Gasteiger partial charge < -0.3 is 15.0 Å². The first-order valence-corrected chi connectivity index (χ1v) is 8.64. The van der Waals surface area contributed by atoms with Crippen LogP contribution in [0.15, 0.2) is 46.9 Å². The van der Waals surface area contributed by atoms with Gasteiger partial charge in [-0.2, -0.15) is 0 Å². The van der Waals surface area contributed by atoms with Gasteiger partial charge in [0, 0.05) is 31.8 Å². The summed E-state index contributed by atoms with van der Waals surface area (Å²) in [5.41, 5.74) is 2.23. The summed E-state index contributed by atoms with van der Waals surface area (Å²) in [6.45, 7) is 0. The van der Waals surface area contributed by atoms with E-state index >= 15 is 0 Å². The molecule has 0 heterocycles. The first-order valence-electron chi connectivity index (χ1n) is 7.84. The highest BCUT2D eigenvalue weighted by Crippen LogP contribution is 2.26. The van der Waals surface area contributed by atoms with Gasteiger partial charge in [0.25, 0.3) is 5.91 Å². The van der Waals surface area contributed by atoms with Crippen molar-refractivity contribution in [2.24, 2.45) is 0 Å². The fraction of sp³-hybridized carbons (Fsp3) is 0.263. The van der Waals surface area contributed by atoms with Crippen LogP contribution in [0.4, 0.5) is 5.69 Å². The predicted molar refractivity (Wildman–Crippen MR) is 102 cm³/mol. The van der Waals surface area contributed by atoms with E-state index in [1.54, 1.807) is 44.3 Å². The van der Waals surface area contributed by atoms with E-state index in [-0.39, 0.29) is 11.8 Å². The quantitative estimate of drug-likeness (QED) is 0.797. The van der Waals surface area contributed by atoms with E-state index < -0.39 is 0 Å². The smallest absolute Gasteiger partial charge is 0.255 e. The maximum Gasteiger partial charge on any atom is 0.255 e. The van der Waals surface area contributed by atoms with Gasteiger partial charge in [0.1, 0.15) is 5.75 Å². The molecule has 5 nitrogen and oxygen atoms in total. The molecular formula is C19H21BrN2O3. The number of methoxy groups -OCH3 is 1. The molecule has 0 saturated carbocycles. The molecule has 25 heavy (non-hydrogen) atoms. The van der Waals surface area contributed by atoms with Gasteiger partial charge in [-0.05, 0) is 58.2 Å². The molecule has 0 aliphatic carbocycles. The highest BCUT2D eigenvalue weighted by molar-refractivity contribution is 9.10. The molecule has 0 aliphatic heterocycles. The minimum absolute atomic E-state index is 0.0810. The Hall–Kier alpha value is -2.34. The van der Waals surface area contributed by atoms with E-state index in [0.717, 1.165) is 10.0 Å². The number of aryl methyl sites for hydroxylation is 1. The van der Waals surface area contributed by atoms with E-state index in [1.807, 2.05) is 24.3 Å². The summed E-state index contributed by atoms with van der Waals surface area (Å²) in [7, 11) is 5.06. The lowest BCUT2D eigenvalue weighted by Gasteiger charge is -2.11. The second-order valence-electron chi connectivity index (χ2n) is 5.79. The molecular weight excluding hydrogens is 384 g/mol. The highest BCUT2D eigenvalue weighted by Gasteiger charge is 2.10. The fourth-order valence-corrected chi connectivity index (χ4v) is 2.83. The number of rotatable bonds is 6. The molecule has 132 valence electrons. The van der Waals surface area contributed by atoms with Crippen molar-refractivity contribution in [2.45, 2.75) is 12.8 Å². The summed E-state index contributed by atoms with van der Waals surface area (Å²) in [6.07, 6.45) is 1.07. The number of ether oxygens (including phenoxy) is 1. The number of nitrogens with one attached hydrogen (secondary N) is 1. The molecule has 2 rings (SSSR count). The number of hydrogen-bond donors (Lipinski definition) is 1. The summed E-state index contributed by atoms with van der Waals surface area (Å²) < 4.78 is 5.89. The molecule has 0 fully saturated rings. The number of benzene rings is 2. The maximum absolute atomic E-state index is 12.4. The van der Waals surface area contributed by atoms with Crippen LogP contribution in [0.5, 0.6) is 5.75 Å². The standard InChI is InChI=1S/C19H21BrN2O3/c1-22(2)18(23)10-7-13-5-4-6-15(11-13)21-19(24)14-8-9-17(25-3)16(20)12-14/h4-6,8-9,11-12H,7,10H2,1-3H3,(H,21,24). The lowest BCUT2D eigenvalue weighted by Crippen LogP contribution is -2.21. The van der Waals surface area contributed by atoms with Crippen molar-refractivity contribution >= 4 is 33.4 Å². The molecule has 0 atom stereocenters. The number of amides is 2. The van der Waals surface area contributed by atoms with E-state index in [1.165, 1.54) is 0 Å². The Labute approximate surface area is 156 Å². The van der Waals surface area contributed by atoms with Gasteiger partial charge in [-0.15, -0.1) is 0 Å². The van der Waals surface area contributed by atoms with E-state index in [2.05, 4.69) is 21.2 Å². The third-order valence-electron chi connectivity index (χ3n) is 3.73. The van der Waals surface area contributed by atoms with Gasteiger partial charge in [0.15, 0.2) is 0 Å². The third-order valence-corrected chi connectivity index (χ3v) is 4.34. The van der Waals surface area contributed by atoms with Gasteiger partial charge >= 0.3 is 0 Å². The lowest BCUT2D eigenvalue weighted by molar-refractivity contribution is -0.128. The van der Waals surface area contributed by atoms with Crippen molar-refractivity contribution in [1.82, 2.24) is 4.90 Å². The molecule has 2 aromatic rings. The van der Waals surface area contributed by atoms with Gasteiger partial charge in [0.05, 0.1) is 11.6 Å². The van der Waals surface area contributed by atoms with Crippen LogP contribution in [0.2, 0.25) is 0 Å². The molecule has 0 aromatic heterocycles. The average Bonchev–Trinajstić information content (AvgIpc) is 2.59. The second-order valence-corrected chi connectivity index (χ2v) is 6.65. The van der Waals surface area contributed by atoms with E-state index in [9.17, 15) is 9.59 Å². The molecule has 6 heteroatoms. The largest absolute Gasteiger partial charge is 0.496 e. The SMILES string of the molecule is COc1ccc(C(=O)Nc2cccc(CCC(=O)N(C)C)c2)cc1Br. The van der Waals surface area contributed by atoms with Crippen LogP contribution in [0.25, 0.3) is 0 Å². The summed E-state index contributed by atoms with van der Waals surface area (Å²) in [4.78, 5) is 25.7. The number of anilines is 1. The Morgan fingerprint density at radius 2 is 1.92 bits per heavy atom. The fourth-order valence-electron chi connectivity index (χ4n) is 2.29. The zero-order chi connectivity index (χ0) is 18.4. The Balaban J connectivity index is 2.05. The molecule has 1 N–H and O–H groups in total.